The van der Waals surface area contributed by atoms with Gasteiger partial charge in [0, 0.05) is 21.9 Å². The van der Waals surface area contributed by atoms with Crippen LogP contribution in [-0.4, -0.2) is 16.4 Å². The molecule has 5 aromatic carbocycles. The van der Waals surface area contributed by atoms with Crippen LogP contribution in [0.25, 0.3) is 22.0 Å². The fourth-order valence-corrected chi connectivity index (χ4v) is 6.55. The van der Waals surface area contributed by atoms with Crippen LogP contribution in [0.1, 0.15) is 5.56 Å². The Morgan fingerprint density at radius 1 is 0.625 bits per heavy atom. The zero-order valence-corrected chi connectivity index (χ0v) is 22.4. The van der Waals surface area contributed by atoms with Gasteiger partial charge < -0.3 is 4.52 Å². The van der Waals surface area contributed by atoms with Crippen molar-refractivity contribution in [1.82, 2.24) is 10.2 Å². The highest BCUT2D eigenvalue weighted by molar-refractivity contribution is 7.74. The average molecular weight is 541 g/mol. The Morgan fingerprint density at radius 3 is 1.85 bits per heavy atom. The van der Waals surface area contributed by atoms with E-state index in [1.54, 1.807) is 12.3 Å². The molecule has 1 aromatic heterocycles. The number of fused-ring (bicyclic) bond motifs is 1. The Bertz CT molecular complexity index is 1780. The maximum absolute atomic E-state index is 14.4. The molecule has 0 fully saturated rings. The molecule has 6 nitrogen and oxygen atoms in total. The number of benzene rings is 5. The first kappa shape index (κ1) is 25.2. The molecule has 40 heavy (non-hydrogen) atoms. The van der Waals surface area contributed by atoms with Crippen LogP contribution in [0.3, 0.4) is 0 Å². The zero-order chi connectivity index (χ0) is 27.2. The number of hydrogen-bond donors (Lipinski definition) is 1. The second kappa shape index (κ2) is 11.4. The number of rotatable bonds is 8. The van der Waals surface area contributed by atoms with Gasteiger partial charge in [-0.3, -0.25) is 9.99 Å². The van der Waals surface area contributed by atoms with Crippen LogP contribution < -0.4 is 20.6 Å². The highest BCUT2D eigenvalue weighted by Gasteiger charge is 2.30. The third-order valence-electron chi connectivity index (χ3n) is 6.45. The first-order valence-electron chi connectivity index (χ1n) is 12.8. The molecule has 0 aliphatic heterocycles. The second-order valence-corrected chi connectivity index (χ2v) is 11.3. The smallest absolute Gasteiger partial charge is 0.306 e. The fourth-order valence-electron chi connectivity index (χ4n) is 4.47. The van der Waals surface area contributed by atoms with Gasteiger partial charge in [-0.15, -0.1) is 10.2 Å². The van der Waals surface area contributed by atoms with E-state index in [0.717, 1.165) is 22.0 Å². The molecule has 6 rings (SSSR count). The Hall–Kier alpha value is -5.06. The second-order valence-electron chi connectivity index (χ2n) is 9.03. The van der Waals surface area contributed by atoms with Crippen molar-refractivity contribution in [3.8, 4) is 17.0 Å². The lowest BCUT2D eigenvalue weighted by Gasteiger charge is -2.21. The largest absolute Gasteiger partial charge is 0.436 e. The predicted molar refractivity (Wildman–Crippen MR) is 163 cm³/mol. The molecule has 0 aliphatic rings. The van der Waals surface area contributed by atoms with Crippen LogP contribution in [0.2, 0.25) is 0 Å². The summed E-state index contributed by atoms with van der Waals surface area (Å²) in [6.45, 7) is 0. The normalized spacial score (nSPS) is 11.5. The molecule has 7 heteroatoms. The molecule has 0 aliphatic carbocycles. The van der Waals surface area contributed by atoms with Crippen molar-refractivity contribution in [2.45, 2.75) is 0 Å². The van der Waals surface area contributed by atoms with Gasteiger partial charge in [0.05, 0.1) is 16.8 Å². The lowest BCUT2D eigenvalue weighted by Crippen LogP contribution is -2.20. The van der Waals surface area contributed by atoms with E-state index in [2.05, 4.69) is 20.7 Å². The predicted octanol–water partition coefficient (Wildman–Crippen LogP) is 7.05. The molecule has 0 saturated heterocycles. The lowest BCUT2D eigenvalue weighted by molar-refractivity contribution is 0.502. The number of nitrogens with one attached hydrogen (secondary N) is 1. The first-order valence-corrected chi connectivity index (χ1v) is 14.4. The Morgan fingerprint density at radius 2 is 1.18 bits per heavy atom. The summed E-state index contributed by atoms with van der Waals surface area (Å²) in [7, 11) is -3.43. The van der Waals surface area contributed by atoms with Crippen LogP contribution in [0.15, 0.2) is 145 Å². The molecule has 0 saturated carbocycles. The summed E-state index contributed by atoms with van der Waals surface area (Å²) in [4.78, 5) is 0. The summed E-state index contributed by atoms with van der Waals surface area (Å²) < 4.78 is 20.8. The zero-order valence-electron chi connectivity index (χ0n) is 21.5. The molecule has 1 heterocycles. The third kappa shape index (κ3) is 5.13. The van der Waals surface area contributed by atoms with Gasteiger partial charge in [-0.1, -0.05) is 103 Å². The summed E-state index contributed by atoms with van der Waals surface area (Å²) >= 11 is 0. The number of hydrogen-bond acceptors (Lipinski definition) is 6. The Balaban J connectivity index is 1.31. The van der Waals surface area contributed by atoms with Crippen molar-refractivity contribution >= 4 is 40.8 Å². The third-order valence-corrected chi connectivity index (χ3v) is 8.86. The maximum atomic E-state index is 14.4. The highest BCUT2D eigenvalue weighted by Crippen LogP contribution is 2.45. The quantitative estimate of drug-likeness (QED) is 0.127. The minimum atomic E-state index is -3.43. The van der Waals surface area contributed by atoms with Gasteiger partial charge in [0.1, 0.15) is 11.4 Å². The van der Waals surface area contributed by atoms with Crippen molar-refractivity contribution in [2.24, 2.45) is 5.10 Å². The molecule has 0 atom stereocenters. The van der Waals surface area contributed by atoms with Crippen LogP contribution in [0, 0.1) is 0 Å². The highest BCUT2D eigenvalue weighted by atomic mass is 31.2. The standard InChI is InChI=1S/C33H25N4O2P/c38-40(27-17-6-2-7-18-27,28-19-8-3-9-20-28)39-31-23-13-10-16-26(31)24-34-36-33-30-22-12-11-21-29(30)32(35-37-33)25-14-4-1-5-15-25/h1-24H,(H,36,37). The monoisotopic (exact) mass is 540 g/mol. The van der Waals surface area contributed by atoms with Gasteiger partial charge >= 0.3 is 7.37 Å². The van der Waals surface area contributed by atoms with Crippen LogP contribution >= 0.6 is 7.37 Å². The number of hydrazone groups is 1. The number of aromatic nitrogens is 2. The van der Waals surface area contributed by atoms with Gasteiger partial charge in [-0.05, 0) is 36.4 Å². The van der Waals surface area contributed by atoms with Crippen molar-refractivity contribution in [1.29, 1.82) is 0 Å². The van der Waals surface area contributed by atoms with E-state index in [1.165, 1.54) is 0 Å². The van der Waals surface area contributed by atoms with E-state index >= 15 is 0 Å². The van der Waals surface area contributed by atoms with Crippen molar-refractivity contribution < 1.29 is 9.09 Å². The molecule has 6 aromatic rings. The van der Waals surface area contributed by atoms with E-state index in [9.17, 15) is 4.57 Å². The summed E-state index contributed by atoms with van der Waals surface area (Å²) in [5, 5.41) is 16.5. The van der Waals surface area contributed by atoms with Crippen LogP contribution in [-0.2, 0) is 4.57 Å². The van der Waals surface area contributed by atoms with E-state index in [0.29, 0.717) is 27.7 Å². The number of para-hydroxylation sites is 1. The van der Waals surface area contributed by atoms with Crippen molar-refractivity contribution in [3.05, 3.63) is 145 Å². The van der Waals surface area contributed by atoms with Gasteiger partial charge in [0.25, 0.3) is 0 Å². The number of nitrogens with zero attached hydrogens (tertiary/aromatic N) is 3. The lowest BCUT2D eigenvalue weighted by atomic mass is 10.0. The average Bonchev–Trinajstić information content (AvgIpc) is 3.03. The molecule has 0 spiro atoms. The summed E-state index contributed by atoms with van der Waals surface area (Å²) in [5.41, 5.74) is 5.51. The number of anilines is 1. The molecular weight excluding hydrogens is 515 g/mol. The summed E-state index contributed by atoms with van der Waals surface area (Å²) in [6, 6.07) is 43.9. The first-order chi connectivity index (χ1) is 19.7. The van der Waals surface area contributed by atoms with E-state index in [4.69, 9.17) is 4.52 Å². The Labute approximate surface area is 232 Å². The van der Waals surface area contributed by atoms with Gasteiger partial charge in [0.2, 0.25) is 0 Å². The molecule has 0 bridgehead atoms. The minimum absolute atomic E-state index is 0.458. The maximum Gasteiger partial charge on any atom is 0.306 e. The Kier molecular flexibility index (Phi) is 7.16. The molecule has 194 valence electrons. The van der Waals surface area contributed by atoms with Gasteiger partial charge in [0.15, 0.2) is 5.82 Å². The summed E-state index contributed by atoms with van der Waals surface area (Å²) in [5.74, 6) is 0.989. The minimum Gasteiger partial charge on any atom is -0.436 e. The van der Waals surface area contributed by atoms with Crippen LogP contribution in [0.5, 0.6) is 5.75 Å². The van der Waals surface area contributed by atoms with Crippen molar-refractivity contribution in [2.75, 3.05) is 5.43 Å². The fraction of sp³-hybridized carbons (Fsp3) is 0. The van der Waals surface area contributed by atoms with Crippen molar-refractivity contribution in [3.63, 3.8) is 0 Å². The van der Waals surface area contributed by atoms with Crippen LogP contribution in [0.4, 0.5) is 5.82 Å². The van der Waals surface area contributed by atoms with Gasteiger partial charge in [-0.25, -0.2) is 0 Å². The molecule has 0 radical (unpaired) electrons. The molecule has 0 amide bonds. The molecule has 0 unspecified atom stereocenters. The SMILES string of the molecule is O=P(Oc1ccccc1C=NNc1nnc(-c2ccccc2)c2ccccc12)(c1ccccc1)c1ccccc1. The topological polar surface area (TPSA) is 76.5 Å². The van der Waals surface area contributed by atoms with E-state index in [-0.39, 0.29) is 0 Å². The molecular formula is C33H25N4O2P. The molecule has 1 N–H and O–H groups in total. The van der Waals surface area contributed by atoms with E-state index in [1.807, 2.05) is 133 Å². The van der Waals surface area contributed by atoms with Gasteiger partial charge in [-0.2, -0.15) is 5.10 Å². The summed E-state index contributed by atoms with van der Waals surface area (Å²) in [6.07, 6.45) is 1.64. The van der Waals surface area contributed by atoms with E-state index < -0.39 is 7.37 Å².